The fourth-order valence-corrected chi connectivity index (χ4v) is 3.00. The van der Waals surface area contributed by atoms with E-state index in [0.717, 1.165) is 38.0 Å². The molecule has 114 valence electrons. The van der Waals surface area contributed by atoms with Crippen LogP contribution >= 0.6 is 0 Å². The highest BCUT2D eigenvalue weighted by atomic mass is 16.5. The molecular formula is C16H33NO2. The third-order valence-corrected chi connectivity index (χ3v) is 4.38. The maximum absolute atomic E-state index is 8.58. The smallest absolute Gasteiger partial charge is 0.0697 e. The Bertz CT molecular complexity index is 217. The van der Waals surface area contributed by atoms with E-state index in [4.69, 9.17) is 9.84 Å². The van der Waals surface area contributed by atoms with Crippen LogP contribution in [0.1, 0.15) is 52.9 Å². The molecule has 19 heavy (non-hydrogen) atoms. The van der Waals surface area contributed by atoms with E-state index in [-0.39, 0.29) is 6.61 Å². The Kier molecular flexibility index (Phi) is 7.96. The Morgan fingerprint density at radius 3 is 2.37 bits per heavy atom. The Morgan fingerprint density at radius 2 is 1.79 bits per heavy atom. The van der Waals surface area contributed by atoms with E-state index in [1.165, 1.54) is 25.7 Å². The van der Waals surface area contributed by atoms with Crippen molar-refractivity contribution in [3.05, 3.63) is 0 Å². The first-order valence-corrected chi connectivity index (χ1v) is 7.93. The van der Waals surface area contributed by atoms with Crippen molar-refractivity contribution < 1.29 is 9.84 Å². The van der Waals surface area contributed by atoms with Crippen LogP contribution in [-0.4, -0.2) is 38.0 Å². The largest absolute Gasteiger partial charge is 0.394 e. The molecule has 0 heterocycles. The molecule has 1 saturated carbocycles. The molecule has 0 amide bonds. The van der Waals surface area contributed by atoms with Gasteiger partial charge in [-0.15, -0.1) is 0 Å². The lowest BCUT2D eigenvalue weighted by Crippen LogP contribution is -2.31. The molecule has 2 N–H and O–H groups in total. The molecule has 0 atom stereocenters. The molecule has 0 aliphatic heterocycles. The molecule has 3 nitrogen and oxygen atoms in total. The lowest BCUT2D eigenvalue weighted by atomic mass is 9.70. The van der Waals surface area contributed by atoms with E-state index in [0.29, 0.717) is 12.0 Å². The zero-order valence-corrected chi connectivity index (χ0v) is 13.1. The quantitative estimate of drug-likeness (QED) is 0.667. The molecule has 0 aromatic rings. The molecule has 1 aliphatic carbocycles. The number of aliphatic hydroxyl groups excluding tert-OH is 1. The molecular weight excluding hydrogens is 238 g/mol. The molecule has 0 radical (unpaired) electrons. The topological polar surface area (TPSA) is 41.5 Å². The third kappa shape index (κ3) is 7.28. The lowest BCUT2D eigenvalue weighted by molar-refractivity contribution is 0.0903. The predicted molar refractivity (Wildman–Crippen MR) is 80.3 cm³/mol. The second-order valence-corrected chi connectivity index (χ2v) is 6.98. The Balaban J connectivity index is 1.98. The summed E-state index contributed by atoms with van der Waals surface area (Å²) in [7, 11) is 0. The number of ether oxygens (including phenoxy) is 1. The van der Waals surface area contributed by atoms with Crippen molar-refractivity contribution >= 4 is 0 Å². The number of rotatable bonds is 8. The van der Waals surface area contributed by atoms with Crippen LogP contribution in [0.2, 0.25) is 0 Å². The minimum absolute atomic E-state index is 0.129. The van der Waals surface area contributed by atoms with Crippen LogP contribution in [0.15, 0.2) is 0 Å². The molecule has 0 unspecified atom stereocenters. The maximum atomic E-state index is 8.58. The van der Waals surface area contributed by atoms with Crippen LogP contribution in [0.3, 0.4) is 0 Å². The minimum Gasteiger partial charge on any atom is -0.394 e. The summed E-state index contributed by atoms with van der Waals surface area (Å²) in [5.74, 6) is 1.78. The van der Waals surface area contributed by atoms with E-state index in [1.807, 2.05) is 0 Å². The van der Waals surface area contributed by atoms with E-state index in [1.54, 1.807) is 0 Å². The van der Waals surface area contributed by atoms with Gasteiger partial charge < -0.3 is 15.2 Å². The van der Waals surface area contributed by atoms with Crippen molar-refractivity contribution in [3.8, 4) is 0 Å². The van der Waals surface area contributed by atoms with Crippen LogP contribution in [-0.2, 0) is 4.74 Å². The van der Waals surface area contributed by atoms with Gasteiger partial charge in [0.1, 0.15) is 0 Å². The number of aliphatic hydroxyl groups is 1. The Labute approximate surface area is 119 Å². The maximum Gasteiger partial charge on any atom is 0.0697 e. The van der Waals surface area contributed by atoms with Crippen LogP contribution in [0.4, 0.5) is 0 Å². The summed E-state index contributed by atoms with van der Waals surface area (Å²) in [6.07, 6.45) is 6.61. The standard InChI is InChI=1S/C16H33NO2/c1-16(2,3)15-7-5-14(6-8-15)13-17-9-4-11-19-12-10-18/h14-15,17-18H,4-13H2,1-3H3. The normalized spacial score (nSPS) is 24.6. The SMILES string of the molecule is CC(C)(C)C1CCC(CNCCCOCCO)CC1. The van der Waals surface area contributed by atoms with Gasteiger partial charge in [-0.05, 0) is 62.4 Å². The summed E-state index contributed by atoms with van der Waals surface area (Å²) in [5, 5.41) is 12.1. The molecule has 1 aliphatic rings. The fourth-order valence-electron chi connectivity index (χ4n) is 3.00. The van der Waals surface area contributed by atoms with Gasteiger partial charge in [0.25, 0.3) is 0 Å². The number of hydrogen-bond donors (Lipinski definition) is 2. The van der Waals surface area contributed by atoms with E-state index < -0.39 is 0 Å². The third-order valence-electron chi connectivity index (χ3n) is 4.38. The molecule has 1 rings (SSSR count). The molecule has 0 bridgehead atoms. The molecule has 0 saturated heterocycles. The van der Waals surface area contributed by atoms with Crippen LogP contribution in [0.25, 0.3) is 0 Å². The summed E-state index contributed by atoms with van der Waals surface area (Å²) in [4.78, 5) is 0. The highest BCUT2D eigenvalue weighted by Gasteiger charge is 2.29. The average Bonchev–Trinajstić information content (AvgIpc) is 2.37. The highest BCUT2D eigenvalue weighted by molar-refractivity contribution is 4.81. The van der Waals surface area contributed by atoms with Gasteiger partial charge in [-0.25, -0.2) is 0 Å². The van der Waals surface area contributed by atoms with Crippen molar-refractivity contribution in [2.75, 3.05) is 32.9 Å². The van der Waals surface area contributed by atoms with Crippen molar-refractivity contribution in [2.24, 2.45) is 17.3 Å². The van der Waals surface area contributed by atoms with Crippen LogP contribution in [0.5, 0.6) is 0 Å². The average molecular weight is 271 g/mol. The van der Waals surface area contributed by atoms with Crippen molar-refractivity contribution in [1.82, 2.24) is 5.32 Å². The molecule has 0 aromatic heterocycles. The van der Waals surface area contributed by atoms with Gasteiger partial charge in [0, 0.05) is 6.61 Å². The van der Waals surface area contributed by atoms with Crippen molar-refractivity contribution in [3.63, 3.8) is 0 Å². The van der Waals surface area contributed by atoms with E-state index >= 15 is 0 Å². The second kappa shape index (κ2) is 8.93. The van der Waals surface area contributed by atoms with Crippen LogP contribution < -0.4 is 5.32 Å². The monoisotopic (exact) mass is 271 g/mol. The number of nitrogens with one attached hydrogen (secondary N) is 1. The minimum atomic E-state index is 0.129. The molecule has 3 heteroatoms. The van der Waals surface area contributed by atoms with E-state index in [2.05, 4.69) is 26.1 Å². The van der Waals surface area contributed by atoms with Gasteiger partial charge in [-0.1, -0.05) is 20.8 Å². The highest BCUT2D eigenvalue weighted by Crippen LogP contribution is 2.39. The zero-order chi connectivity index (χ0) is 14.1. The number of hydrogen-bond acceptors (Lipinski definition) is 3. The first kappa shape index (κ1) is 16.9. The fraction of sp³-hybridized carbons (Fsp3) is 1.00. The summed E-state index contributed by atoms with van der Waals surface area (Å²) in [6, 6.07) is 0. The second-order valence-electron chi connectivity index (χ2n) is 6.98. The van der Waals surface area contributed by atoms with Gasteiger partial charge in [0.05, 0.1) is 13.2 Å². The summed E-state index contributed by atoms with van der Waals surface area (Å²) in [5.41, 5.74) is 0.489. The summed E-state index contributed by atoms with van der Waals surface area (Å²) in [6.45, 7) is 10.7. The first-order chi connectivity index (χ1) is 9.04. The Morgan fingerprint density at radius 1 is 1.11 bits per heavy atom. The van der Waals surface area contributed by atoms with Gasteiger partial charge in [0.15, 0.2) is 0 Å². The predicted octanol–water partition coefficient (Wildman–Crippen LogP) is 2.83. The van der Waals surface area contributed by atoms with Gasteiger partial charge in [-0.3, -0.25) is 0 Å². The van der Waals surface area contributed by atoms with Gasteiger partial charge in [-0.2, -0.15) is 0 Å². The van der Waals surface area contributed by atoms with Gasteiger partial charge in [0.2, 0.25) is 0 Å². The van der Waals surface area contributed by atoms with Gasteiger partial charge >= 0.3 is 0 Å². The molecule has 0 aromatic carbocycles. The van der Waals surface area contributed by atoms with Crippen molar-refractivity contribution in [1.29, 1.82) is 0 Å². The molecule has 1 fully saturated rings. The first-order valence-electron chi connectivity index (χ1n) is 7.93. The zero-order valence-electron chi connectivity index (χ0n) is 13.1. The summed E-state index contributed by atoms with van der Waals surface area (Å²) < 4.78 is 5.24. The summed E-state index contributed by atoms with van der Waals surface area (Å²) >= 11 is 0. The Hall–Kier alpha value is -0.120. The van der Waals surface area contributed by atoms with Crippen LogP contribution in [0, 0.1) is 17.3 Å². The lowest BCUT2D eigenvalue weighted by Gasteiger charge is -2.37. The van der Waals surface area contributed by atoms with E-state index in [9.17, 15) is 0 Å². The van der Waals surface area contributed by atoms with Crippen molar-refractivity contribution in [2.45, 2.75) is 52.9 Å². The molecule has 0 spiro atoms.